The van der Waals surface area contributed by atoms with Crippen LogP contribution in [0.3, 0.4) is 0 Å². The van der Waals surface area contributed by atoms with E-state index in [2.05, 4.69) is 79.0 Å². The summed E-state index contributed by atoms with van der Waals surface area (Å²) in [7, 11) is 0. The highest BCUT2D eigenvalue weighted by molar-refractivity contribution is 9.10. The zero-order valence-corrected chi connectivity index (χ0v) is 15.8. The summed E-state index contributed by atoms with van der Waals surface area (Å²) in [4.78, 5) is 2.54. The molecule has 1 aromatic carbocycles. The Morgan fingerprint density at radius 1 is 1.19 bits per heavy atom. The number of nitrogens with zero attached hydrogens (tertiary/aromatic N) is 1. The highest BCUT2D eigenvalue weighted by Crippen LogP contribution is 2.22. The van der Waals surface area contributed by atoms with Gasteiger partial charge in [-0.25, -0.2) is 0 Å². The Morgan fingerprint density at radius 2 is 1.90 bits per heavy atom. The smallest absolute Gasteiger partial charge is 0.0247 e. The van der Waals surface area contributed by atoms with Gasteiger partial charge in [0, 0.05) is 30.1 Å². The van der Waals surface area contributed by atoms with Crippen LogP contribution in [0.15, 0.2) is 22.7 Å². The number of halogens is 1. The second kappa shape index (κ2) is 9.60. The second-order valence-electron chi connectivity index (χ2n) is 6.52. The molecule has 1 rings (SSSR count). The molecule has 0 saturated heterocycles. The molecule has 0 unspecified atom stereocenters. The number of benzene rings is 1. The van der Waals surface area contributed by atoms with Crippen LogP contribution in [0.1, 0.15) is 52.2 Å². The first-order valence-electron chi connectivity index (χ1n) is 8.16. The number of nitrogens with one attached hydrogen (secondary N) is 1. The van der Waals surface area contributed by atoms with Crippen molar-refractivity contribution in [2.24, 2.45) is 5.92 Å². The first-order chi connectivity index (χ1) is 9.93. The maximum Gasteiger partial charge on any atom is 0.0247 e. The van der Waals surface area contributed by atoms with Crippen LogP contribution in [-0.2, 0) is 13.1 Å². The monoisotopic (exact) mass is 354 g/mol. The second-order valence-corrected chi connectivity index (χ2v) is 7.37. The molecule has 120 valence electrons. The van der Waals surface area contributed by atoms with Crippen molar-refractivity contribution in [3.63, 3.8) is 0 Å². The molecule has 0 saturated carbocycles. The molecular formula is C18H31BrN2. The van der Waals surface area contributed by atoms with Crippen molar-refractivity contribution in [1.82, 2.24) is 10.2 Å². The van der Waals surface area contributed by atoms with Crippen LogP contribution >= 0.6 is 15.9 Å². The van der Waals surface area contributed by atoms with E-state index in [-0.39, 0.29) is 0 Å². The van der Waals surface area contributed by atoms with E-state index in [4.69, 9.17) is 0 Å². The van der Waals surface area contributed by atoms with E-state index in [1.54, 1.807) is 0 Å². The molecule has 0 spiro atoms. The lowest BCUT2D eigenvalue weighted by molar-refractivity contribution is 0.189. The summed E-state index contributed by atoms with van der Waals surface area (Å²) >= 11 is 3.75. The van der Waals surface area contributed by atoms with E-state index in [1.165, 1.54) is 22.0 Å². The average Bonchev–Trinajstić information content (AvgIpc) is 2.40. The fourth-order valence-electron chi connectivity index (χ4n) is 2.38. The predicted molar refractivity (Wildman–Crippen MR) is 96.5 cm³/mol. The average molecular weight is 355 g/mol. The van der Waals surface area contributed by atoms with E-state index in [0.29, 0.717) is 12.0 Å². The molecule has 0 aliphatic rings. The Labute approximate surface area is 139 Å². The molecule has 0 amide bonds. The van der Waals surface area contributed by atoms with Crippen LogP contribution < -0.4 is 5.32 Å². The quantitative estimate of drug-likeness (QED) is 0.639. The van der Waals surface area contributed by atoms with Crippen molar-refractivity contribution in [1.29, 1.82) is 0 Å². The van der Waals surface area contributed by atoms with E-state index >= 15 is 0 Å². The summed E-state index contributed by atoms with van der Waals surface area (Å²) in [5, 5.41) is 3.45. The normalized spacial score (nSPS) is 11.9. The van der Waals surface area contributed by atoms with Gasteiger partial charge < -0.3 is 5.32 Å². The molecule has 1 aromatic rings. The summed E-state index contributed by atoms with van der Waals surface area (Å²) in [6.07, 6.45) is 1.18. The minimum atomic E-state index is 0.574. The van der Waals surface area contributed by atoms with Gasteiger partial charge in [-0.3, -0.25) is 4.90 Å². The molecule has 0 aliphatic carbocycles. The van der Waals surface area contributed by atoms with Gasteiger partial charge in [0.2, 0.25) is 0 Å². The molecule has 2 nitrogen and oxygen atoms in total. The Bertz CT molecular complexity index is 416. The third-order valence-corrected chi connectivity index (χ3v) is 4.31. The third kappa shape index (κ3) is 6.94. The zero-order chi connectivity index (χ0) is 15.8. The maximum atomic E-state index is 3.75. The summed E-state index contributed by atoms with van der Waals surface area (Å²) in [6.45, 7) is 15.5. The largest absolute Gasteiger partial charge is 0.313 e. The predicted octanol–water partition coefficient (Wildman–Crippen LogP) is 4.82. The molecule has 0 atom stereocenters. The summed E-state index contributed by atoms with van der Waals surface area (Å²) < 4.78 is 1.23. The van der Waals surface area contributed by atoms with Crippen molar-refractivity contribution in [3.05, 3.63) is 33.8 Å². The fourth-order valence-corrected chi connectivity index (χ4v) is 2.94. The minimum Gasteiger partial charge on any atom is -0.313 e. The lowest BCUT2D eigenvalue weighted by atomic mass is 10.1. The van der Waals surface area contributed by atoms with Gasteiger partial charge in [-0.1, -0.05) is 48.8 Å². The lowest BCUT2D eigenvalue weighted by Crippen LogP contribution is -2.33. The molecular weight excluding hydrogens is 324 g/mol. The molecule has 0 aliphatic heterocycles. The van der Waals surface area contributed by atoms with Crippen molar-refractivity contribution in [2.45, 2.75) is 60.2 Å². The van der Waals surface area contributed by atoms with Gasteiger partial charge in [0.15, 0.2) is 0 Å². The Kier molecular flexibility index (Phi) is 8.53. The summed E-state index contributed by atoms with van der Waals surface area (Å²) in [5.41, 5.74) is 2.72. The van der Waals surface area contributed by atoms with E-state index in [0.717, 1.165) is 26.2 Å². The van der Waals surface area contributed by atoms with Gasteiger partial charge in [-0.05, 0) is 49.9 Å². The first kappa shape index (κ1) is 18.7. The SMILES string of the molecule is CCCNCc1ccc(CN(CC(C)C)C(C)C)c(Br)c1. The van der Waals surface area contributed by atoms with Crippen LogP contribution in [0.2, 0.25) is 0 Å². The van der Waals surface area contributed by atoms with Gasteiger partial charge in [0.1, 0.15) is 0 Å². The topological polar surface area (TPSA) is 15.3 Å². The molecule has 3 heteroatoms. The lowest BCUT2D eigenvalue weighted by Gasteiger charge is -2.28. The van der Waals surface area contributed by atoms with Crippen molar-refractivity contribution in [2.75, 3.05) is 13.1 Å². The number of hydrogen-bond acceptors (Lipinski definition) is 2. The molecule has 1 N–H and O–H groups in total. The Morgan fingerprint density at radius 3 is 2.43 bits per heavy atom. The highest BCUT2D eigenvalue weighted by Gasteiger charge is 2.13. The first-order valence-corrected chi connectivity index (χ1v) is 8.95. The van der Waals surface area contributed by atoms with Gasteiger partial charge in [0.05, 0.1) is 0 Å². The molecule has 0 radical (unpaired) electrons. The summed E-state index contributed by atoms with van der Waals surface area (Å²) in [6, 6.07) is 7.34. The molecule has 0 fully saturated rings. The van der Waals surface area contributed by atoms with E-state index in [9.17, 15) is 0 Å². The molecule has 21 heavy (non-hydrogen) atoms. The molecule has 0 heterocycles. The van der Waals surface area contributed by atoms with Gasteiger partial charge in [0.25, 0.3) is 0 Å². The van der Waals surface area contributed by atoms with Crippen LogP contribution in [0, 0.1) is 5.92 Å². The van der Waals surface area contributed by atoms with Crippen molar-refractivity contribution >= 4 is 15.9 Å². The van der Waals surface area contributed by atoms with Crippen molar-refractivity contribution in [3.8, 4) is 0 Å². The van der Waals surface area contributed by atoms with E-state index < -0.39 is 0 Å². The van der Waals surface area contributed by atoms with Crippen molar-refractivity contribution < 1.29 is 0 Å². The number of hydrogen-bond donors (Lipinski definition) is 1. The number of rotatable bonds is 9. The molecule has 0 aromatic heterocycles. The van der Waals surface area contributed by atoms with Crippen LogP contribution in [0.5, 0.6) is 0 Å². The van der Waals surface area contributed by atoms with Gasteiger partial charge >= 0.3 is 0 Å². The van der Waals surface area contributed by atoms with Crippen LogP contribution in [0.25, 0.3) is 0 Å². The van der Waals surface area contributed by atoms with E-state index in [1.807, 2.05) is 0 Å². The zero-order valence-electron chi connectivity index (χ0n) is 14.2. The molecule has 0 bridgehead atoms. The Hall–Kier alpha value is -0.380. The fraction of sp³-hybridized carbons (Fsp3) is 0.667. The van der Waals surface area contributed by atoms with Gasteiger partial charge in [-0.15, -0.1) is 0 Å². The standard InChI is InChI=1S/C18H31BrN2/c1-6-9-20-11-16-7-8-17(18(19)10-16)13-21(15(4)5)12-14(2)3/h7-8,10,14-15,20H,6,9,11-13H2,1-5H3. The summed E-state index contributed by atoms with van der Waals surface area (Å²) in [5.74, 6) is 0.698. The maximum absolute atomic E-state index is 3.75. The van der Waals surface area contributed by atoms with Crippen LogP contribution in [0.4, 0.5) is 0 Å². The van der Waals surface area contributed by atoms with Gasteiger partial charge in [-0.2, -0.15) is 0 Å². The minimum absolute atomic E-state index is 0.574. The van der Waals surface area contributed by atoms with Crippen LogP contribution in [-0.4, -0.2) is 24.0 Å². The Balaban J connectivity index is 2.69. The highest BCUT2D eigenvalue weighted by atomic mass is 79.9. The third-order valence-electron chi connectivity index (χ3n) is 3.58.